The highest BCUT2D eigenvalue weighted by Gasteiger charge is 2.45. The van der Waals surface area contributed by atoms with E-state index in [4.69, 9.17) is 10.00 Å². The molecule has 1 aromatic rings. The second kappa shape index (κ2) is 3.76. The molecular formula is C12H13N3O. The van der Waals surface area contributed by atoms with Crippen LogP contribution in [-0.4, -0.2) is 24.2 Å². The van der Waals surface area contributed by atoms with Gasteiger partial charge in [0.2, 0.25) is 0 Å². The molecular weight excluding hydrogens is 202 g/mol. The lowest BCUT2D eigenvalue weighted by Gasteiger charge is -2.48. The molecule has 4 heteroatoms. The highest BCUT2D eigenvalue weighted by molar-refractivity contribution is 5.40. The molecule has 0 amide bonds. The van der Waals surface area contributed by atoms with Crippen molar-refractivity contribution in [2.45, 2.75) is 12.5 Å². The molecule has 16 heavy (non-hydrogen) atoms. The van der Waals surface area contributed by atoms with Gasteiger partial charge in [0.15, 0.2) is 5.75 Å². The molecule has 0 radical (unpaired) electrons. The topological polar surface area (TPSA) is 57.9 Å². The van der Waals surface area contributed by atoms with Crippen molar-refractivity contribution in [3.8, 4) is 11.8 Å². The van der Waals surface area contributed by atoms with Crippen LogP contribution in [-0.2, 0) is 0 Å². The molecule has 2 aliphatic rings. The summed E-state index contributed by atoms with van der Waals surface area (Å²) < 4.78 is 5.91. The van der Waals surface area contributed by atoms with Crippen LogP contribution in [0, 0.1) is 23.2 Å². The summed E-state index contributed by atoms with van der Waals surface area (Å²) in [4.78, 5) is 4.01. The summed E-state index contributed by atoms with van der Waals surface area (Å²) in [6.07, 6.45) is 4.78. The van der Waals surface area contributed by atoms with E-state index in [1.54, 1.807) is 18.5 Å². The summed E-state index contributed by atoms with van der Waals surface area (Å²) in [5, 5.41) is 12.3. The maximum absolute atomic E-state index is 8.95. The van der Waals surface area contributed by atoms with Crippen molar-refractivity contribution in [1.82, 2.24) is 10.3 Å². The minimum atomic E-state index is 0.276. The van der Waals surface area contributed by atoms with E-state index < -0.39 is 0 Å². The Bertz CT molecular complexity index is 426. The van der Waals surface area contributed by atoms with Gasteiger partial charge in [-0.1, -0.05) is 0 Å². The van der Waals surface area contributed by atoms with E-state index in [1.807, 2.05) is 0 Å². The summed E-state index contributed by atoms with van der Waals surface area (Å²) in [5.41, 5.74) is 0.577. The molecule has 2 heterocycles. The van der Waals surface area contributed by atoms with Gasteiger partial charge < -0.3 is 10.1 Å². The average molecular weight is 215 g/mol. The van der Waals surface area contributed by atoms with Crippen LogP contribution in [0.25, 0.3) is 0 Å². The second-order valence-corrected chi connectivity index (χ2v) is 4.48. The third-order valence-corrected chi connectivity index (χ3v) is 3.52. The third-order valence-electron chi connectivity index (χ3n) is 3.52. The first-order chi connectivity index (χ1) is 7.88. The summed E-state index contributed by atoms with van der Waals surface area (Å²) in [6.45, 7) is 2.06. The number of nitrogens with one attached hydrogen (secondary N) is 1. The van der Waals surface area contributed by atoms with Crippen molar-refractivity contribution >= 4 is 0 Å². The smallest absolute Gasteiger partial charge is 0.155 e. The Labute approximate surface area is 94.2 Å². The van der Waals surface area contributed by atoms with E-state index in [-0.39, 0.29) is 6.10 Å². The van der Waals surface area contributed by atoms with Gasteiger partial charge in [-0.25, -0.2) is 0 Å². The molecule has 1 aromatic heterocycles. The molecule has 1 N–H and O–H groups in total. The number of nitriles is 1. The number of fused-ring (bicyclic) bond motifs is 2. The largest absolute Gasteiger partial charge is 0.487 e. The van der Waals surface area contributed by atoms with Gasteiger partial charge in [-0.15, -0.1) is 0 Å². The number of hydrogen-bond donors (Lipinski definition) is 1. The molecule has 1 aliphatic carbocycles. The van der Waals surface area contributed by atoms with E-state index >= 15 is 0 Å². The standard InChI is InChI=1S/C12H13N3O/c13-4-8-1-2-14-7-11(8)16-12-9-3-10(12)6-15-5-9/h1-2,7,9-10,12,15H,3,5-6H2/t9-,10+,12?. The fraction of sp³-hybridized carbons (Fsp3) is 0.500. The molecule has 1 aliphatic heterocycles. The molecule has 3 atom stereocenters. The molecule has 1 saturated heterocycles. The van der Waals surface area contributed by atoms with E-state index in [2.05, 4.69) is 16.4 Å². The lowest BCUT2D eigenvalue weighted by Crippen LogP contribution is -2.59. The molecule has 2 fully saturated rings. The maximum atomic E-state index is 8.95. The fourth-order valence-electron chi connectivity index (χ4n) is 2.60. The lowest BCUT2D eigenvalue weighted by atomic mass is 9.69. The van der Waals surface area contributed by atoms with Gasteiger partial charge in [0.25, 0.3) is 0 Å². The first kappa shape index (κ1) is 9.61. The number of nitrogens with zero attached hydrogens (tertiary/aromatic N) is 2. The van der Waals surface area contributed by atoms with Crippen molar-refractivity contribution in [2.75, 3.05) is 13.1 Å². The predicted octanol–water partition coefficient (Wildman–Crippen LogP) is 0.940. The Morgan fingerprint density at radius 1 is 1.44 bits per heavy atom. The van der Waals surface area contributed by atoms with Gasteiger partial charge in [0.05, 0.1) is 11.8 Å². The van der Waals surface area contributed by atoms with E-state index in [0.717, 1.165) is 13.1 Å². The van der Waals surface area contributed by atoms with E-state index in [1.165, 1.54) is 6.42 Å². The second-order valence-electron chi connectivity index (χ2n) is 4.48. The number of hydrogen-bond acceptors (Lipinski definition) is 4. The zero-order valence-corrected chi connectivity index (χ0v) is 8.89. The molecule has 1 unspecified atom stereocenters. The van der Waals surface area contributed by atoms with Gasteiger partial charge in [-0.05, 0) is 12.5 Å². The Morgan fingerprint density at radius 2 is 2.25 bits per heavy atom. The number of rotatable bonds is 2. The third kappa shape index (κ3) is 1.44. The Hall–Kier alpha value is -1.60. The lowest BCUT2D eigenvalue weighted by molar-refractivity contribution is -0.0449. The van der Waals surface area contributed by atoms with Crippen LogP contribution in [0.4, 0.5) is 0 Å². The first-order valence-electron chi connectivity index (χ1n) is 5.60. The predicted molar refractivity (Wildman–Crippen MR) is 57.8 cm³/mol. The minimum absolute atomic E-state index is 0.276. The molecule has 82 valence electrons. The Morgan fingerprint density at radius 3 is 2.94 bits per heavy atom. The zero-order valence-electron chi connectivity index (χ0n) is 8.89. The van der Waals surface area contributed by atoms with Crippen molar-refractivity contribution in [3.63, 3.8) is 0 Å². The highest BCUT2D eigenvalue weighted by atomic mass is 16.5. The van der Waals surface area contributed by atoms with Crippen LogP contribution < -0.4 is 10.1 Å². The summed E-state index contributed by atoms with van der Waals surface area (Å²) in [5.74, 6) is 1.84. The average Bonchev–Trinajstić information content (AvgIpc) is 2.37. The first-order valence-corrected chi connectivity index (χ1v) is 5.60. The van der Waals surface area contributed by atoms with Gasteiger partial charge in [-0.3, -0.25) is 4.98 Å². The van der Waals surface area contributed by atoms with Crippen molar-refractivity contribution < 1.29 is 4.74 Å². The van der Waals surface area contributed by atoms with Crippen LogP contribution in [0.2, 0.25) is 0 Å². The highest BCUT2D eigenvalue weighted by Crippen LogP contribution is 2.39. The quantitative estimate of drug-likeness (QED) is 0.797. The molecule has 2 bridgehead atoms. The van der Waals surface area contributed by atoms with Crippen LogP contribution in [0.1, 0.15) is 12.0 Å². The van der Waals surface area contributed by atoms with Crippen molar-refractivity contribution in [3.05, 3.63) is 24.0 Å². The molecule has 3 rings (SSSR count). The van der Waals surface area contributed by atoms with Gasteiger partial charge in [-0.2, -0.15) is 5.26 Å². The SMILES string of the molecule is N#Cc1ccncc1OC1[C@@H]2CNC[C@H]1C2. The van der Waals surface area contributed by atoms with Gasteiger partial charge >= 0.3 is 0 Å². The summed E-state index contributed by atoms with van der Waals surface area (Å²) >= 11 is 0. The number of ether oxygens (including phenoxy) is 1. The zero-order chi connectivity index (χ0) is 11.0. The van der Waals surface area contributed by atoms with Crippen LogP contribution in [0.3, 0.4) is 0 Å². The van der Waals surface area contributed by atoms with Gasteiger partial charge in [0.1, 0.15) is 12.2 Å². The van der Waals surface area contributed by atoms with Crippen LogP contribution >= 0.6 is 0 Å². The normalized spacial score (nSPS) is 31.3. The number of piperidine rings is 2. The maximum Gasteiger partial charge on any atom is 0.155 e. The summed E-state index contributed by atoms with van der Waals surface area (Å²) in [7, 11) is 0. The summed E-state index contributed by atoms with van der Waals surface area (Å²) in [6, 6.07) is 3.83. The number of aromatic nitrogens is 1. The minimum Gasteiger partial charge on any atom is -0.487 e. The Balaban J connectivity index is 1.77. The van der Waals surface area contributed by atoms with E-state index in [0.29, 0.717) is 23.1 Å². The molecule has 0 aromatic carbocycles. The van der Waals surface area contributed by atoms with Crippen LogP contribution in [0.15, 0.2) is 18.5 Å². The molecule has 0 spiro atoms. The van der Waals surface area contributed by atoms with Gasteiger partial charge in [0, 0.05) is 31.1 Å². The van der Waals surface area contributed by atoms with Crippen molar-refractivity contribution in [1.29, 1.82) is 5.26 Å². The Kier molecular flexibility index (Phi) is 2.26. The number of pyridine rings is 1. The van der Waals surface area contributed by atoms with Crippen molar-refractivity contribution in [2.24, 2.45) is 11.8 Å². The monoisotopic (exact) mass is 215 g/mol. The van der Waals surface area contributed by atoms with Crippen LogP contribution in [0.5, 0.6) is 5.75 Å². The fourth-order valence-corrected chi connectivity index (χ4v) is 2.60. The molecule has 4 nitrogen and oxygen atoms in total. The molecule has 1 saturated carbocycles. The van der Waals surface area contributed by atoms with E-state index in [9.17, 15) is 0 Å².